The molecule has 25 heavy (non-hydrogen) atoms. The number of carbonyl (C=O) groups is 1. The monoisotopic (exact) mass is 345 g/mol. The lowest BCUT2D eigenvalue weighted by Crippen LogP contribution is -2.38. The summed E-state index contributed by atoms with van der Waals surface area (Å²) in [6.07, 6.45) is 10.3. The van der Waals surface area contributed by atoms with Crippen LogP contribution in [0.3, 0.4) is 0 Å². The van der Waals surface area contributed by atoms with Gasteiger partial charge < -0.3 is 15.2 Å². The molecule has 2 N–H and O–H groups in total. The van der Waals surface area contributed by atoms with Crippen molar-refractivity contribution in [2.45, 2.75) is 58.4 Å². The molecule has 138 valence electrons. The number of rotatable bonds is 6. The van der Waals surface area contributed by atoms with Gasteiger partial charge in [-0.05, 0) is 62.7 Å². The topological polar surface area (TPSA) is 63.1 Å². The van der Waals surface area contributed by atoms with Crippen LogP contribution in [0.25, 0.3) is 0 Å². The molecule has 2 aliphatic rings. The number of carbonyl (C=O) groups excluding carboxylic acids is 1. The molecular formula is C20H31N3O2. The molecule has 0 radical (unpaired) electrons. The summed E-state index contributed by atoms with van der Waals surface area (Å²) in [4.78, 5) is 25.4. The zero-order valence-corrected chi connectivity index (χ0v) is 15.4. The molecule has 0 spiro atoms. The van der Waals surface area contributed by atoms with Gasteiger partial charge in [0.25, 0.3) is 11.5 Å². The molecule has 1 aliphatic heterocycles. The van der Waals surface area contributed by atoms with E-state index in [1.165, 1.54) is 25.7 Å². The Kier molecular flexibility index (Phi) is 6.29. The van der Waals surface area contributed by atoms with Gasteiger partial charge in [-0.25, -0.2) is 0 Å². The first-order valence-corrected chi connectivity index (χ1v) is 9.84. The number of nitrogens with zero attached hydrogens (tertiary/aromatic N) is 1. The van der Waals surface area contributed by atoms with Gasteiger partial charge in [-0.15, -0.1) is 0 Å². The molecule has 2 heterocycles. The molecular weight excluding hydrogens is 314 g/mol. The van der Waals surface area contributed by atoms with E-state index in [1.807, 2.05) is 19.2 Å². The van der Waals surface area contributed by atoms with Crippen LogP contribution in [0.15, 0.2) is 17.1 Å². The Morgan fingerprint density at radius 3 is 2.72 bits per heavy atom. The summed E-state index contributed by atoms with van der Waals surface area (Å²) in [6.45, 7) is 5.22. The normalized spacial score (nSPS) is 21.4. The van der Waals surface area contributed by atoms with E-state index in [0.29, 0.717) is 24.6 Å². The number of piperidine rings is 1. The smallest absolute Gasteiger partial charge is 0.263 e. The average Bonchev–Trinajstić information content (AvgIpc) is 3.12. The van der Waals surface area contributed by atoms with Gasteiger partial charge in [0.15, 0.2) is 0 Å². The van der Waals surface area contributed by atoms with Crippen LogP contribution in [-0.4, -0.2) is 30.1 Å². The lowest BCUT2D eigenvalue weighted by molar-refractivity contribution is 0.0948. The van der Waals surface area contributed by atoms with Crippen molar-refractivity contribution in [3.8, 4) is 0 Å². The average molecular weight is 345 g/mol. The Morgan fingerprint density at radius 1 is 1.24 bits per heavy atom. The van der Waals surface area contributed by atoms with E-state index in [2.05, 4.69) is 10.6 Å². The van der Waals surface area contributed by atoms with Crippen LogP contribution in [-0.2, 0) is 6.54 Å². The first-order valence-electron chi connectivity index (χ1n) is 9.84. The zero-order chi connectivity index (χ0) is 17.6. The van der Waals surface area contributed by atoms with Crippen LogP contribution in [0.2, 0.25) is 0 Å². The largest absolute Gasteiger partial charge is 0.352 e. The van der Waals surface area contributed by atoms with Crippen LogP contribution in [0, 0.1) is 18.8 Å². The molecule has 2 fully saturated rings. The summed E-state index contributed by atoms with van der Waals surface area (Å²) in [5, 5.41) is 6.36. The van der Waals surface area contributed by atoms with Gasteiger partial charge in [-0.2, -0.15) is 0 Å². The maximum Gasteiger partial charge on any atom is 0.263 e. The second kappa shape index (κ2) is 8.65. The standard InChI is InChI=1S/C20H31N3O2/c1-15-9-12-23(14-17-7-4-10-21-13-17)20(25)18(15)19(24)22-11-8-16-5-2-3-6-16/h9,12,16-17,21H,2-8,10-11,13-14H2,1H3,(H,22,24). The first kappa shape index (κ1) is 18.2. The molecule has 1 unspecified atom stereocenters. The van der Waals surface area contributed by atoms with Crippen LogP contribution < -0.4 is 16.2 Å². The second-order valence-electron chi connectivity index (χ2n) is 7.74. The molecule has 0 bridgehead atoms. The maximum atomic E-state index is 12.8. The van der Waals surface area contributed by atoms with E-state index in [-0.39, 0.29) is 11.5 Å². The summed E-state index contributed by atoms with van der Waals surface area (Å²) in [6, 6.07) is 1.89. The van der Waals surface area contributed by atoms with E-state index in [0.717, 1.165) is 43.8 Å². The fourth-order valence-corrected chi connectivity index (χ4v) is 4.22. The maximum absolute atomic E-state index is 12.8. The summed E-state index contributed by atoms with van der Waals surface area (Å²) >= 11 is 0. The highest BCUT2D eigenvalue weighted by Crippen LogP contribution is 2.26. The molecule has 1 aromatic heterocycles. The highest BCUT2D eigenvalue weighted by molar-refractivity contribution is 5.95. The van der Waals surface area contributed by atoms with Gasteiger partial charge in [0, 0.05) is 19.3 Å². The Hall–Kier alpha value is -1.62. The summed E-state index contributed by atoms with van der Waals surface area (Å²) in [5.74, 6) is 0.997. The van der Waals surface area contributed by atoms with Crippen molar-refractivity contribution in [1.29, 1.82) is 0 Å². The number of hydrogen-bond donors (Lipinski definition) is 2. The number of aromatic nitrogens is 1. The molecule has 1 atom stereocenters. The Labute approximate surface area is 150 Å². The molecule has 5 heteroatoms. The SMILES string of the molecule is Cc1ccn(CC2CCCNC2)c(=O)c1C(=O)NCCC1CCCC1. The Morgan fingerprint density at radius 2 is 2.00 bits per heavy atom. The molecule has 1 aromatic rings. The number of hydrogen-bond acceptors (Lipinski definition) is 3. The molecule has 3 rings (SSSR count). The number of aryl methyl sites for hydroxylation is 1. The summed E-state index contributed by atoms with van der Waals surface area (Å²) in [7, 11) is 0. The van der Waals surface area contributed by atoms with E-state index < -0.39 is 0 Å². The lowest BCUT2D eigenvalue weighted by atomic mass is 9.99. The van der Waals surface area contributed by atoms with Crippen molar-refractivity contribution in [3.05, 3.63) is 33.7 Å². The molecule has 1 aliphatic carbocycles. The van der Waals surface area contributed by atoms with Crippen molar-refractivity contribution >= 4 is 5.91 Å². The van der Waals surface area contributed by atoms with Gasteiger partial charge >= 0.3 is 0 Å². The third kappa shape index (κ3) is 4.72. The molecule has 1 saturated carbocycles. The first-order chi connectivity index (χ1) is 12.1. The van der Waals surface area contributed by atoms with Crippen LogP contribution in [0.1, 0.15) is 60.9 Å². The van der Waals surface area contributed by atoms with Gasteiger partial charge in [0.05, 0.1) is 0 Å². The molecule has 5 nitrogen and oxygen atoms in total. The summed E-state index contributed by atoms with van der Waals surface area (Å²) < 4.78 is 1.72. The third-order valence-corrected chi connectivity index (χ3v) is 5.77. The lowest BCUT2D eigenvalue weighted by Gasteiger charge is -2.23. The van der Waals surface area contributed by atoms with Crippen molar-refractivity contribution in [1.82, 2.24) is 15.2 Å². The molecule has 1 saturated heterocycles. The quantitative estimate of drug-likeness (QED) is 0.832. The van der Waals surface area contributed by atoms with Crippen molar-refractivity contribution in [2.24, 2.45) is 11.8 Å². The van der Waals surface area contributed by atoms with Crippen molar-refractivity contribution < 1.29 is 4.79 Å². The van der Waals surface area contributed by atoms with E-state index >= 15 is 0 Å². The molecule has 1 amide bonds. The predicted octanol–water partition coefficient (Wildman–Crippen LogP) is 2.47. The zero-order valence-electron chi connectivity index (χ0n) is 15.4. The van der Waals surface area contributed by atoms with E-state index in [4.69, 9.17) is 0 Å². The fourth-order valence-electron chi connectivity index (χ4n) is 4.22. The van der Waals surface area contributed by atoms with Gasteiger partial charge in [-0.1, -0.05) is 25.7 Å². The van der Waals surface area contributed by atoms with E-state index in [9.17, 15) is 9.59 Å². The van der Waals surface area contributed by atoms with E-state index in [1.54, 1.807) is 4.57 Å². The van der Waals surface area contributed by atoms with Crippen molar-refractivity contribution in [2.75, 3.05) is 19.6 Å². The Balaban J connectivity index is 1.63. The van der Waals surface area contributed by atoms with Crippen molar-refractivity contribution in [3.63, 3.8) is 0 Å². The van der Waals surface area contributed by atoms with Crippen LogP contribution >= 0.6 is 0 Å². The van der Waals surface area contributed by atoms with Crippen LogP contribution in [0.4, 0.5) is 0 Å². The predicted molar refractivity (Wildman–Crippen MR) is 99.9 cm³/mol. The minimum Gasteiger partial charge on any atom is -0.352 e. The number of amides is 1. The number of nitrogens with one attached hydrogen (secondary N) is 2. The highest BCUT2D eigenvalue weighted by atomic mass is 16.2. The number of pyridine rings is 1. The fraction of sp³-hybridized carbons (Fsp3) is 0.700. The van der Waals surface area contributed by atoms with Gasteiger partial charge in [0.1, 0.15) is 5.56 Å². The highest BCUT2D eigenvalue weighted by Gasteiger charge is 2.20. The third-order valence-electron chi connectivity index (χ3n) is 5.77. The van der Waals surface area contributed by atoms with Gasteiger partial charge in [-0.3, -0.25) is 9.59 Å². The summed E-state index contributed by atoms with van der Waals surface area (Å²) in [5.41, 5.74) is 0.933. The molecule has 0 aromatic carbocycles. The second-order valence-corrected chi connectivity index (χ2v) is 7.74. The van der Waals surface area contributed by atoms with Crippen LogP contribution in [0.5, 0.6) is 0 Å². The Bertz CT molecular complexity index is 641. The minimum absolute atomic E-state index is 0.149. The van der Waals surface area contributed by atoms with Gasteiger partial charge in [0.2, 0.25) is 0 Å². The minimum atomic E-state index is -0.211.